The van der Waals surface area contributed by atoms with Crippen molar-refractivity contribution in [3.63, 3.8) is 0 Å². The molecule has 280 valence electrons. The number of fused-ring (bicyclic) bond motifs is 6. The molecule has 11 rings (SSSR count). The van der Waals surface area contributed by atoms with Crippen molar-refractivity contribution < 1.29 is 4.57 Å². The summed E-state index contributed by atoms with van der Waals surface area (Å²) in [5, 5.41) is 2.63. The lowest BCUT2D eigenvalue weighted by Crippen LogP contribution is -2.18. The van der Waals surface area contributed by atoms with Gasteiger partial charge in [-0.1, -0.05) is 182 Å². The van der Waals surface area contributed by atoms with Gasteiger partial charge in [-0.15, -0.1) is 0 Å². The van der Waals surface area contributed by atoms with Crippen LogP contribution >= 0.6 is 7.14 Å². The zero-order valence-electron chi connectivity index (χ0n) is 32.5. The fourth-order valence-electron chi connectivity index (χ4n) is 9.27. The highest BCUT2D eigenvalue weighted by Gasteiger charge is 2.46. The SMILES string of the molecule is O=P1(c2cccc(-c3ccccc3)c2)C2=C(c3ccccc3N(c3cc(-c4ccccc4)cc(-c4ccc(C5=CCCC=C5)cc4)c3)c3ccccc32)c2ccccc21. The molecule has 0 N–H and O–H groups in total. The van der Waals surface area contributed by atoms with Crippen LogP contribution in [-0.4, -0.2) is 0 Å². The van der Waals surface area contributed by atoms with Crippen LogP contribution < -0.4 is 15.5 Å². The zero-order chi connectivity index (χ0) is 39.3. The van der Waals surface area contributed by atoms with E-state index in [1.165, 1.54) is 11.1 Å². The first kappa shape index (κ1) is 35.2. The Kier molecular flexibility index (Phi) is 8.61. The van der Waals surface area contributed by atoms with E-state index in [1.807, 2.05) is 12.1 Å². The van der Waals surface area contributed by atoms with Crippen molar-refractivity contribution >= 4 is 51.3 Å². The topological polar surface area (TPSA) is 20.3 Å². The maximum atomic E-state index is 16.7. The molecule has 0 saturated carbocycles. The van der Waals surface area contributed by atoms with E-state index in [0.29, 0.717) is 0 Å². The van der Waals surface area contributed by atoms with Gasteiger partial charge in [0.25, 0.3) is 0 Å². The highest BCUT2D eigenvalue weighted by Crippen LogP contribution is 2.68. The van der Waals surface area contributed by atoms with Gasteiger partial charge in [0.2, 0.25) is 0 Å². The Morgan fingerprint density at radius 1 is 0.424 bits per heavy atom. The molecule has 3 heteroatoms. The maximum absolute atomic E-state index is 16.7. The quantitative estimate of drug-likeness (QED) is 0.157. The van der Waals surface area contributed by atoms with Crippen LogP contribution in [-0.2, 0) is 4.57 Å². The molecule has 0 spiro atoms. The van der Waals surface area contributed by atoms with Crippen molar-refractivity contribution in [2.45, 2.75) is 12.8 Å². The molecule has 0 amide bonds. The van der Waals surface area contributed by atoms with Crippen LogP contribution in [0.5, 0.6) is 0 Å². The molecule has 0 radical (unpaired) electrons. The van der Waals surface area contributed by atoms with E-state index < -0.39 is 7.14 Å². The van der Waals surface area contributed by atoms with Crippen molar-refractivity contribution in [2.24, 2.45) is 0 Å². The van der Waals surface area contributed by atoms with Crippen molar-refractivity contribution in [1.82, 2.24) is 0 Å². The standard InChI is InChI=1S/C56H40NOP/c58-59(48-24-16-23-44(38-48)40-19-6-2-7-20-40)54-30-15-12-27-51(54)55-49-25-10-13-28-52(49)57(53-29-14-11-26-50(53)56(55)59)47-36-45(41-21-8-3-9-22-41)35-46(37-47)43-33-31-42(32-34-43)39-17-4-1-5-18-39/h2-4,6-38H,1,5H2. The molecule has 2 nitrogen and oxygen atoms in total. The Bertz CT molecular complexity index is 3060. The van der Waals surface area contributed by atoms with E-state index in [1.54, 1.807) is 0 Å². The van der Waals surface area contributed by atoms with Gasteiger partial charge in [-0.25, -0.2) is 0 Å². The molecule has 0 fully saturated rings. The van der Waals surface area contributed by atoms with Gasteiger partial charge in [0.05, 0.1) is 11.4 Å². The van der Waals surface area contributed by atoms with E-state index >= 15 is 4.57 Å². The fourth-order valence-corrected chi connectivity index (χ4v) is 12.6. The number of hydrogen-bond donors (Lipinski definition) is 0. The number of allylic oxidation sites excluding steroid dienone is 4. The number of nitrogens with zero attached hydrogens (tertiary/aromatic N) is 1. The minimum atomic E-state index is -3.41. The number of benzene rings is 8. The average molecular weight is 774 g/mol. The minimum Gasteiger partial charge on any atom is -0.309 e. The van der Waals surface area contributed by atoms with Gasteiger partial charge in [-0.3, -0.25) is 0 Å². The molecule has 0 aromatic heterocycles. The van der Waals surface area contributed by atoms with Crippen LogP contribution in [0, 0.1) is 0 Å². The van der Waals surface area contributed by atoms with Crippen molar-refractivity contribution in [3.8, 4) is 33.4 Å². The molecule has 3 aliphatic rings. The smallest absolute Gasteiger partial charge is 0.172 e. The molecule has 8 aromatic carbocycles. The van der Waals surface area contributed by atoms with Gasteiger partial charge in [-0.2, -0.15) is 0 Å². The summed E-state index contributed by atoms with van der Waals surface area (Å²) in [6.45, 7) is 0. The normalized spacial score (nSPS) is 16.4. The lowest BCUT2D eigenvalue weighted by Gasteiger charge is -2.30. The van der Waals surface area contributed by atoms with Gasteiger partial charge in [0.15, 0.2) is 7.14 Å². The molecule has 0 saturated heterocycles. The van der Waals surface area contributed by atoms with E-state index in [0.717, 1.165) is 101 Å². The average Bonchev–Trinajstić information content (AvgIpc) is 3.50. The van der Waals surface area contributed by atoms with Crippen LogP contribution in [0.25, 0.3) is 49.8 Å². The summed E-state index contributed by atoms with van der Waals surface area (Å²) < 4.78 is 16.7. The predicted molar refractivity (Wildman–Crippen MR) is 249 cm³/mol. The van der Waals surface area contributed by atoms with Crippen LogP contribution in [0.2, 0.25) is 0 Å². The molecule has 59 heavy (non-hydrogen) atoms. The molecule has 1 atom stereocenters. The Labute approximate surface area is 346 Å². The van der Waals surface area contributed by atoms with Gasteiger partial charge in [0, 0.05) is 38.3 Å². The van der Waals surface area contributed by atoms with E-state index in [9.17, 15) is 0 Å². The molecule has 8 aromatic rings. The fraction of sp³-hybridized carbons (Fsp3) is 0.0357. The van der Waals surface area contributed by atoms with Crippen molar-refractivity contribution in [2.75, 3.05) is 4.90 Å². The van der Waals surface area contributed by atoms with Crippen LogP contribution in [0.1, 0.15) is 35.1 Å². The van der Waals surface area contributed by atoms with Crippen LogP contribution in [0.4, 0.5) is 17.1 Å². The first-order chi connectivity index (χ1) is 29.1. The molecule has 2 aliphatic heterocycles. The Morgan fingerprint density at radius 3 is 1.68 bits per heavy atom. The molecular weight excluding hydrogens is 734 g/mol. The Balaban J connectivity index is 1.14. The summed E-state index contributed by atoms with van der Waals surface area (Å²) in [5.41, 5.74) is 16.5. The lowest BCUT2D eigenvalue weighted by molar-refractivity contribution is 0.593. The third kappa shape index (κ3) is 5.91. The predicted octanol–water partition coefficient (Wildman–Crippen LogP) is 14.4. The molecule has 1 unspecified atom stereocenters. The Morgan fingerprint density at radius 2 is 0.983 bits per heavy atom. The summed E-state index contributed by atoms with van der Waals surface area (Å²) in [6, 6.07) is 71.0. The second kappa shape index (κ2) is 14.4. The van der Waals surface area contributed by atoms with E-state index in [2.05, 4.69) is 211 Å². The highest BCUT2D eigenvalue weighted by atomic mass is 31.2. The van der Waals surface area contributed by atoms with E-state index in [4.69, 9.17) is 0 Å². The second-order valence-electron chi connectivity index (χ2n) is 15.5. The van der Waals surface area contributed by atoms with Gasteiger partial charge < -0.3 is 9.46 Å². The van der Waals surface area contributed by atoms with Crippen molar-refractivity contribution in [1.29, 1.82) is 0 Å². The van der Waals surface area contributed by atoms with E-state index in [-0.39, 0.29) is 0 Å². The third-order valence-electron chi connectivity index (χ3n) is 12.0. The largest absolute Gasteiger partial charge is 0.309 e. The summed E-state index contributed by atoms with van der Waals surface area (Å²) in [7, 11) is -3.41. The third-order valence-corrected chi connectivity index (χ3v) is 15.2. The maximum Gasteiger partial charge on any atom is 0.172 e. The van der Waals surface area contributed by atoms with Gasteiger partial charge in [-0.05, 0) is 99.3 Å². The summed E-state index contributed by atoms with van der Waals surface area (Å²) in [5.74, 6) is 0. The first-order valence-corrected chi connectivity index (χ1v) is 22.1. The summed E-state index contributed by atoms with van der Waals surface area (Å²) >= 11 is 0. The number of anilines is 3. The highest BCUT2D eigenvalue weighted by molar-refractivity contribution is 7.88. The molecular formula is C56H40NOP. The lowest BCUT2D eigenvalue weighted by atomic mass is 9.94. The summed E-state index contributed by atoms with van der Waals surface area (Å²) in [4.78, 5) is 2.40. The monoisotopic (exact) mass is 773 g/mol. The zero-order valence-corrected chi connectivity index (χ0v) is 33.4. The minimum absolute atomic E-state index is 0.841. The number of rotatable bonds is 6. The molecule has 1 aliphatic carbocycles. The van der Waals surface area contributed by atoms with Crippen LogP contribution in [0.15, 0.2) is 218 Å². The first-order valence-electron chi connectivity index (χ1n) is 20.4. The number of hydrogen-bond acceptors (Lipinski definition) is 2. The van der Waals surface area contributed by atoms with Gasteiger partial charge in [0.1, 0.15) is 0 Å². The van der Waals surface area contributed by atoms with Crippen molar-refractivity contribution in [3.05, 3.63) is 241 Å². The van der Waals surface area contributed by atoms with Gasteiger partial charge >= 0.3 is 0 Å². The van der Waals surface area contributed by atoms with Crippen LogP contribution in [0.3, 0.4) is 0 Å². The second-order valence-corrected chi connectivity index (χ2v) is 18.2. The molecule has 2 heterocycles. The number of para-hydroxylation sites is 2. The Hall–Kier alpha value is -6.99. The summed E-state index contributed by atoms with van der Waals surface area (Å²) in [6.07, 6.45) is 9.01. The molecule has 0 bridgehead atoms.